The lowest BCUT2D eigenvalue weighted by Crippen LogP contribution is -2.30. The molecule has 0 rings (SSSR count). The summed E-state index contributed by atoms with van der Waals surface area (Å²) in [6, 6.07) is 0. The maximum Gasteiger partial charge on any atom is 0.306 e. The minimum absolute atomic E-state index is 0.0821. The number of unbranched alkanes of at least 4 members (excludes halogenated alkanes) is 23. The first-order valence-corrected chi connectivity index (χ1v) is 25.9. The molecule has 0 aliphatic rings. The molecule has 0 spiro atoms. The van der Waals surface area contributed by atoms with Crippen LogP contribution in [0.4, 0.5) is 0 Å². The Bertz CT molecular complexity index is 1180. The largest absolute Gasteiger partial charge is 0.462 e. The highest BCUT2D eigenvalue weighted by Crippen LogP contribution is 2.14. The zero-order valence-corrected chi connectivity index (χ0v) is 40.6. The molecule has 0 aromatic rings. The fourth-order valence-electron chi connectivity index (χ4n) is 7.05. The molecule has 0 radical (unpaired) electrons. The van der Waals surface area contributed by atoms with Crippen LogP contribution in [0.25, 0.3) is 0 Å². The van der Waals surface area contributed by atoms with Crippen molar-refractivity contribution >= 4 is 17.9 Å². The van der Waals surface area contributed by atoms with E-state index in [0.29, 0.717) is 19.3 Å². The third-order valence-electron chi connectivity index (χ3n) is 10.9. The van der Waals surface area contributed by atoms with Crippen molar-refractivity contribution in [3.05, 3.63) is 72.9 Å². The van der Waals surface area contributed by atoms with Crippen LogP contribution in [0.15, 0.2) is 72.9 Å². The van der Waals surface area contributed by atoms with Crippen LogP contribution >= 0.6 is 0 Å². The fraction of sp³-hybridized carbons (Fsp3) is 0.732. The van der Waals surface area contributed by atoms with Crippen LogP contribution in [-0.4, -0.2) is 37.2 Å². The van der Waals surface area contributed by atoms with Crippen molar-refractivity contribution in [1.82, 2.24) is 0 Å². The lowest BCUT2D eigenvalue weighted by atomic mass is 10.1. The minimum atomic E-state index is -0.779. The van der Waals surface area contributed by atoms with Crippen LogP contribution in [0, 0.1) is 0 Å². The molecule has 0 bridgehead atoms. The topological polar surface area (TPSA) is 78.9 Å². The molecule has 62 heavy (non-hydrogen) atoms. The predicted octanol–water partition coefficient (Wildman–Crippen LogP) is 17.0. The van der Waals surface area contributed by atoms with Crippen molar-refractivity contribution in [3.63, 3.8) is 0 Å². The van der Waals surface area contributed by atoms with E-state index in [0.717, 1.165) is 109 Å². The number of ether oxygens (including phenoxy) is 3. The van der Waals surface area contributed by atoms with Gasteiger partial charge in [-0.25, -0.2) is 0 Å². The van der Waals surface area contributed by atoms with Crippen LogP contribution in [0.3, 0.4) is 0 Å². The van der Waals surface area contributed by atoms with E-state index in [-0.39, 0.29) is 31.1 Å². The Kier molecular flexibility index (Phi) is 47.9. The molecule has 356 valence electrons. The number of esters is 3. The van der Waals surface area contributed by atoms with Gasteiger partial charge in [0.1, 0.15) is 13.2 Å². The van der Waals surface area contributed by atoms with Crippen molar-refractivity contribution in [3.8, 4) is 0 Å². The van der Waals surface area contributed by atoms with Gasteiger partial charge >= 0.3 is 17.9 Å². The number of hydrogen-bond acceptors (Lipinski definition) is 6. The normalized spacial score (nSPS) is 12.6. The van der Waals surface area contributed by atoms with Gasteiger partial charge in [0.25, 0.3) is 0 Å². The summed E-state index contributed by atoms with van der Waals surface area (Å²) in [5.74, 6) is -0.910. The molecule has 1 atom stereocenters. The highest BCUT2D eigenvalue weighted by Gasteiger charge is 2.19. The lowest BCUT2D eigenvalue weighted by Gasteiger charge is -2.18. The van der Waals surface area contributed by atoms with E-state index in [2.05, 4.69) is 93.7 Å². The third-order valence-corrected chi connectivity index (χ3v) is 10.9. The first-order valence-electron chi connectivity index (χ1n) is 25.9. The number of carbonyl (C=O) groups excluding carboxylic acids is 3. The molecule has 0 aromatic carbocycles. The fourth-order valence-corrected chi connectivity index (χ4v) is 7.05. The molecule has 1 unspecified atom stereocenters. The van der Waals surface area contributed by atoms with Gasteiger partial charge in [0.2, 0.25) is 0 Å². The SMILES string of the molecule is CC/C=C\C/C=C\C/C=C\C/C=C\CCCCCCCCCCC(=O)OCC(COC(=O)CCCCCCC)OC(=O)CCCCCCCCC/C=C\C/C=C\CCCCCC. The van der Waals surface area contributed by atoms with Gasteiger partial charge in [0.15, 0.2) is 6.10 Å². The van der Waals surface area contributed by atoms with Gasteiger partial charge in [0, 0.05) is 19.3 Å². The van der Waals surface area contributed by atoms with Crippen LogP contribution in [0.5, 0.6) is 0 Å². The van der Waals surface area contributed by atoms with E-state index in [1.54, 1.807) is 0 Å². The highest BCUT2D eigenvalue weighted by atomic mass is 16.6. The smallest absolute Gasteiger partial charge is 0.306 e. The van der Waals surface area contributed by atoms with Crippen molar-refractivity contribution in [1.29, 1.82) is 0 Å². The number of rotatable bonds is 46. The lowest BCUT2D eigenvalue weighted by molar-refractivity contribution is -0.167. The second-order valence-corrected chi connectivity index (χ2v) is 17.1. The van der Waals surface area contributed by atoms with Crippen LogP contribution in [-0.2, 0) is 28.6 Å². The van der Waals surface area contributed by atoms with E-state index < -0.39 is 6.10 Å². The molecular weight excluding hydrogens is 769 g/mol. The first kappa shape index (κ1) is 58.9. The summed E-state index contributed by atoms with van der Waals surface area (Å²) in [5, 5.41) is 0. The van der Waals surface area contributed by atoms with Gasteiger partial charge in [0.05, 0.1) is 0 Å². The monoisotopic (exact) mass is 865 g/mol. The van der Waals surface area contributed by atoms with Gasteiger partial charge in [-0.1, -0.05) is 209 Å². The molecular formula is C56H96O6. The molecule has 6 heteroatoms. The molecule has 0 aliphatic carbocycles. The zero-order valence-electron chi connectivity index (χ0n) is 40.6. The number of carbonyl (C=O) groups is 3. The average molecular weight is 865 g/mol. The van der Waals surface area contributed by atoms with Crippen molar-refractivity contribution < 1.29 is 28.6 Å². The summed E-state index contributed by atoms with van der Waals surface area (Å²) in [5.41, 5.74) is 0. The molecule has 0 saturated carbocycles. The summed E-state index contributed by atoms with van der Waals surface area (Å²) in [6.45, 7) is 6.41. The molecule has 0 aliphatic heterocycles. The molecule has 0 fully saturated rings. The molecule has 6 nitrogen and oxygen atoms in total. The Morgan fingerprint density at radius 1 is 0.339 bits per heavy atom. The molecule has 0 aromatic heterocycles. The van der Waals surface area contributed by atoms with Gasteiger partial charge < -0.3 is 14.2 Å². The van der Waals surface area contributed by atoms with Crippen molar-refractivity contribution in [2.75, 3.05) is 13.2 Å². The Balaban J connectivity index is 4.18. The zero-order chi connectivity index (χ0) is 45.1. The van der Waals surface area contributed by atoms with Crippen molar-refractivity contribution in [2.24, 2.45) is 0 Å². The second-order valence-electron chi connectivity index (χ2n) is 17.1. The van der Waals surface area contributed by atoms with Crippen LogP contribution < -0.4 is 0 Å². The molecule has 0 saturated heterocycles. The summed E-state index contributed by atoms with van der Waals surface area (Å²) in [6.07, 6.45) is 63.5. The first-order chi connectivity index (χ1) is 30.5. The predicted molar refractivity (Wildman–Crippen MR) is 265 cm³/mol. The third kappa shape index (κ3) is 47.9. The Morgan fingerprint density at radius 3 is 1.00 bits per heavy atom. The standard InChI is InChI=1S/C56H96O6/c1-4-7-10-13-15-17-19-21-23-25-27-28-29-31-32-34-36-38-40-43-46-49-55(58)61-52-53(51-60-54(57)48-45-42-12-9-6-3)62-56(59)50-47-44-41-39-37-35-33-30-26-24-22-20-18-16-14-11-8-5-2/h7,10,15,17-18,20-21,23-24,26-28,53H,4-6,8-9,11-14,16,19,22,25,29-52H2,1-3H3/b10-7-,17-15-,20-18-,23-21-,26-24-,28-27-. The van der Waals surface area contributed by atoms with Crippen LogP contribution in [0.2, 0.25) is 0 Å². The van der Waals surface area contributed by atoms with Gasteiger partial charge in [-0.15, -0.1) is 0 Å². The quantitative estimate of drug-likeness (QED) is 0.0262. The average Bonchev–Trinajstić information content (AvgIpc) is 3.27. The maximum absolute atomic E-state index is 12.7. The van der Waals surface area contributed by atoms with E-state index >= 15 is 0 Å². The Labute approximate surface area is 382 Å². The van der Waals surface area contributed by atoms with E-state index in [1.807, 2.05) is 0 Å². The van der Waals surface area contributed by atoms with E-state index in [1.165, 1.54) is 96.3 Å². The van der Waals surface area contributed by atoms with Crippen LogP contribution in [0.1, 0.15) is 245 Å². The Morgan fingerprint density at radius 2 is 0.629 bits per heavy atom. The molecule has 0 N–H and O–H groups in total. The minimum Gasteiger partial charge on any atom is -0.462 e. The summed E-state index contributed by atoms with van der Waals surface area (Å²) < 4.78 is 16.7. The van der Waals surface area contributed by atoms with Crippen molar-refractivity contribution in [2.45, 2.75) is 252 Å². The Hall–Kier alpha value is -3.15. The molecule has 0 heterocycles. The van der Waals surface area contributed by atoms with E-state index in [9.17, 15) is 14.4 Å². The highest BCUT2D eigenvalue weighted by molar-refractivity contribution is 5.71. The molecule has 0 amide bonds. The number of allylic oxidation sites excluding steroid dienone is 12. The summed E-state index contributed by atoms with van der Waals surface area (Å²) in [7, 11) is 0. The van der Waals surface area contributed by atoms with Gasteiger partial charge in [-0.3, -0.25) is 14.4 Å². The summed E-state index contributed by atoms with van der Waals surface area (Å²) >= 11 is 0. The van der Waals surface area contributed by atoms with E-state index in [4.69, 9.17) is 14.2 Å². The number of hydrogen-bond donors (Lipinski definition) is 0. The van der Waals surface area contributed by atoms with Gasteiger partial charge in [-0.05, 0) is 89.9 Å². The van der Waals surface area contributed by atoms with Gasteiger partial charge in [-0.2, -0.15) is 0 Å². The maximum atomic E-state index is 12.7. The second kappa shape index (κ2) is 50.5. The summed E-state index contributed by atoms with van der Waals surface area (Å²) in [4.78, 5) is 37.7.